The number of hydrogen-bond donors (Lipinski definition) is 1. The average Bonchev–Trinajstić information content (AvgIpc) is 3.00. The maximum atomic E-state index is 4.45. The van der Waals surface area contributed by atoms with Gasteiger partial charge in [-0.15, -0.1) is 0 Å². The third-order valence-electron chi connectivity index (χ3n) is 4.14. The van der Waals surface area contributed by atoms with E-state index >= 15 is 0 Å². The van der Waals surface area contributed by atoms with E-state index in [1.807, 2.05) is 24.5 Å². The van der Waals surface area contributed by atoms with Gasteiger partial charge >= 0.3 is 0 Å². The van der Waals surface area contributed by atoms with E-state index in [1.54, 1.807) is 10.9 Å². The topological polar surface area (TPSA) is 46.0 Å². The number of nitrogens with zero attached hydrogens (tertiary/aromatic N) is 4. The van der Waals surface area contributed by atoms with Crippen molar-refractivity contribution in [2.24, 2.45) is 0 Å². The summed E-state index contributed by atoms with van der Waals surface area (Å²) >= 11 is 0. The van der Waals surface area contributed by atoms with Gasteiger partial charge in [-0.3, -0.25) is 4.90 Å². The molecule has 20 heavy (non-hydrogen) atoms. The van der Waals surface area contributed by atoms with Crippen molar-refractivity contribution in [1.29, 1.82) is 0 Å². The Morgan fingerprint density at radius 1 is 1.20 bits per heavy atom. The summed E-state index contributed by atoms with van der Waals surface area (Å²) in [4.78, 5) is 7.07. The van der Waals surface area contributed by atoms with Crippen LogP contribution in [0.1, 0.15) is 19.3 Å². The van der Waals surface area contributed by atoms with E-state index in [2.05, 4.69) is 26.4 Å². The molecule has 0 amide bonds. The Balaban J connectivity index is 1.39. The number of hydrogen-bond acceptors (Lipinski definition) is 4. The Kier molecular flexibility index (Phi) is 2.92. The first-order chi connectivity index (χ1) is 9.88. The standard InChI is InChI=1S/C15H19N5/c1-7-17-20(8-1)15-5-2-12(10-16-15)18-13-6-9-19(11-13)14-3-4-14/h1-2,5,7-8,10,13-14,18H,3-4,6,9,11H2. The van der Waals surface area contributed by atoms with Crippen LogP contribution in [0.2, 0.25) is 0 Å². The highest BCUT2D eigenvalue weighted by Gasteiger charge is 2.34. The van der Waals surface area contributed by atoms with Gasteiger partial charge in [0.15, 0.2) is 5.82 Å². The molecule has 1 unspecified atom stereocenters. The monoisotopic (exact) mass is 269 g/mol. The quantitative estimate of drug-likeness (QED) is 0.921. The Morgan fingerprint density at radius 2 is 2.15 bits per heavy atom. The Bertz CT molecular complexity index is 558. The first kappa shape index (κ1) is 11.9. The molecule has 0 spiro atoms. The summed E-state index contributed by atoms with van der Waals surface area (Å²) in [6, 6.07) is 7.43. The molecule has 2 aromatic rings. The van der Waals surface area contributed by atoms with Crippen molar-refractivity contribution in [3.63, 3.8) is 0 Å². The van der Waals surface area contributed by atoms with Gasteiger partial charge in [0, 0.05) is 37.6 Å². The van der Waals surface area contributed by atoms with Crippen LogP contribution in [0.4, 0.5) is 5.69 Å². The molecule has 1 saturated carbocycles. The molecule has 4 rings (SSSR count). The van der Waals surface area contributed by atoms with Gasteiger partial charge in [0.2, 0.25) is 0 Å². The summed E-state index contributed by atoms with van der Waals surface area (Å²) in [6.07, 6.45) is 9.59. The van der Waals surface area contributed by atoms with Crippen molar-refractivity contribution < 1.29 is 0 Å². The molecule has 0 aromatic carbocycles. The number of aromatic nitrogens is 3. The molecule has 104 valence electrons. The van der Waals surface area contributed by atoms with E-state index in [-0.39, 0.29) is 0 Å². The van der Waals surface area contributed by atoms with Gasteiger partial charge in [-0.05, 0) is 37.5 Å². The van der Waals surface area contributed by atoms with Crippen molar-refractivity contribution in [2.75, 3.05) is 18.4 Å². The summed E-state index contributed by atoms with van der Waals surface area (Å²) in [6.45, 7) is 2.41. The highest BCUT2D eigenvalue weighted by atomic mass is 15.3. The van der Waals surface area contributed by atoms with Crippen LogP contribution in [0.5, 0.6) is 0 Å². The van der Waals surface area contributed by atoms with Crippen molar-refractivity contribution in [2.45, 2.75) is 31.3 Å². The van der Waals surface area contributed by atoms with Crippen molar-refractivity contribution in [3.8, 4) is 5.82 Å². The zero-order valence-corrected chi connectivity index (χ0v) is 11.4. The summed E-state index contributed by atoms with van der Waals surface area (Å²) in [5, 5.41) is 7.77. The van der Waals surface area contributed by atoms with Crippen molar-refractivity contribution in [3.05, 3.63) is 36.8 Å². The van der Waals surface area contributed by atoms with Gasteiger partial charge in [0.25, 0.3) is 0 Å². The number of rotatable bonds is 4. The Morgan fingerprint density at radius 3 is 2.85 bits per heavy atom. The molecule has 1 saturated heterocycles. The second-order valence-electron chi connectivity index (χ2n) is 5.71. The van der Waals surface area contributed by atoms with Crippen LogP contribution in [0.25, 0.3) is 5.82 Å². The molecule has 5 heteroatoms. The molecule has 0 radical (unpaired) electrons. The summed E-state index contributed by atoms with van der Waals surface area (Å²) in [7, 11) is 0. The lowest BCUT2D eigenvalue weighted by atomic mass is 10.2. The predicted octanol–water partition coefficient (Wildman–Crippen LogP) is 1.92. The van der Waals surface area contributed by atoms with Gasteiger partial charge in [-0.1, -0.05) is 0 Å². The minimum Gasteiger partial charge on any atom is -0.380 e. The predicted molar refractivity (Wildman–Crippen MR) is 78.0 cm³/mol. The number of likely N-dealkylation sites (tertiary alicyclic amines) is 1. The largest absolute Gasteiger partial charge is 0.380 e. The molecule has 1 atom stereocenters. The molecule has 2 aromatic heterocycles. The van der Waals surface area contributed by atoms with Crippen molar-refractivity contribution in [1.82, 2.24) is 19.7 Å². The Labute approximate surface area is 118 Å². The van der Waals surface area contributed by atoms with Crippen LogP contribution in [0, 0.1) is 0 Å². The van der Waals surface area contributed by atoms with Crippen LogP contribution in [0.3, 0.4) is 0 Å². The molecule has 1 aliphatic carbocycles. The zero-order valence-electron chi connectivity index (χ0n) is 11.4. The molecule has 3 heterocycles. The summed E-state index contributed by atoms with van der Waals surface area (Å²) in [5.74, 6) is 0.853. The second-order valence-corrected chi connectivity index (χ2v) is 5.71. The third kappa shape index (κ3) is 2.41. The Hall–Kier alpha value is -1.88. The molecular formula is C15H19N5. The van der Waals surface area contributed by atoms with Crippen LogP contribution < -0.4 is 5.32 Å². The maximum absolute atomic E-state index is 4.45. The van der Waals surface area contributed by atoms with E-state index in [1.165, 1.54) is 32.4 Å². The molecule has 1 aliphatic heterocycles. The van der Waals surface area contributed by atoms with E-state index in [0.717, 1.165) is 17.5 Å². The lowest BCUT2D eigenvalue weighted by Gasteiger charge is -2.16. The van der Waals surface area contributed by atoms with Gasteiger partial charge in [0.1, 0.15) is 0 Å². The van der Waals surface area contributed by atoms with Gasteiger partial charge in [0.05, 0.1) is 11.9 Å². The fourth-order valence-corrected chi connectivity index (χ4v) is 2.92. The minimum atomic E-state index is 0.563. The fraction of sp³-hybridized carbons (Fsp3) is 0.467. The zero-order chi connectivity index (χ0) is 13.4. The van der Waals surface area contributed by atoms with Crippen LogP contribution in [-0.4, -0.2) is 44.8 Å². The van der Waals surface area contributed by atoms with Crippen LogP contribution >= 0.6 is 0 Å². The maximum Gasteiger partial charge on any atom is 0.153 e. The van der Waals surface area contributed by atoms with E-state index in [4.69, 9.17) is 0 Å². The average molecular weight is 269 g/mol. The lowest BCUT2D eigenvalue weighted by molar-refractivity contribution is 0.326. The third-order valence-corrected chi connectivity index (χ3v) is 4.14. The van der Waals surface area contributed by atoms with Crippen LogP contribution in [-0.2, 0) is 0 Å². The first-order valence-electron chi connectivity index (χ1n) is 7.35. The van der Waals surface area contributed by atoms with Gasteiger partial charge in [-0.25, -0.2) is 9.67 Å². The van der Waals surface area contributed by atoms with E-state index < -0.39 is 0 Å². The van der Waals surface area contributed by atoms with Gasteiger partial charge in [-0.2, -0.15) is 5.10 Å². The molecule has 0 bridgehead atoms. The summed E-state index contributed by atoms with van der Waals surface area (Å²) < 4.78 is 1.77. The van der Waals surface area contributed by atoms with E-state index in [0.29, 0.717) is 6.04 Å². The van der Waals surface area contributed by atoms with Crippen LogP contribution in [0.15, 0.2) is 36.8 Å². The lowest BCUT2D eigenvalue weighted by Crippen LogP contribution is -2.27. The smallest absolute Gasteiger partial charge is 0.153 e. The number of anilines is 1. The minimum absolute atomic E-state index is 0.563. The molecular weight excluding hydrogens is 250 g/mol. The SMILES string of the molecule is c1cnn(-c2ccc(NC3CCN(C4CC4)C3)cn2)c1. The molecule has 2 fully saturated rings. The molecule has 2 aliphatic rings. The highest BCUT2D eigenvalue weighted by molar-refractivity contribution is 5.44. The molecule has 5 nitrogen and oxygen atoms in total. The summed E-state index contributed by atoms with van der Waals surface area (Å²) in [5.41, 5.74) is 1.10. The van der Waals surface area contributed by atoms with Crippen molar-refractivity contribution >= 4 is 5.69 Å². The molecule has 1 N–H and O–H groups in total. The number of pyridine rings is 1. The number of nitrogens with one attached hydrogen (secondary N) is 1. The fourth-order valence-electron chi connectivity index (χ4n) is 2.92. The van der Waals surface area contributed by atoms with E-state index in [9.17, 15) is 0 Å². The van der Waals surface area contributed by atoms with Gasteiger partial charge < -0.3 is 5.32 Å². The second kappa shape index (κ2) is 4.90. The highest BCUT2D eigenvalue weighted by Crippen LogP contribution is 2.30. The normalized spacial score (nSPS) is 23.1. The first-order valence-corrected chi connectivity index (χ1v) is 7.35.